The van der Waals surface area contributed by atoms with E-state index in [1.165, 1.54) is 19.3 Å². The van der Waals surface area contributed by atoms with Crippen molar-refractivity contribution < 1.29 is 0 Å². The molecule has 0 radical (unpaired) electrons. The number of nitrogens with one attached hydrogen (secondary N) is 1. The van der Waals surface area contributed by atoms with Crippen molar-refractivity contribution >= 4 is 38.8 Å². The molecule has 0 amide bonds. The Bertz CT molecular complexity index is 432. The molecule has 1 aromatic rings. The topological polar surface area (TPSA) is 38.0 Å². The molecule has 0 spiro atoms. The average molecular weight is 343 g/mol. The highest BCUT2D eigenvalue weighted by molar-refractivity contribution is 9.10. The van der Waals surface area contributed by atoms with Gasteiger partial charge in [-0.1, -0.05) is 38.9 Å². The molecule has 0 bridgehead atoms. The Balaban J connectivity index is 2.54. The van der Waals surface area contributed by atoms with E-state index < -0.39 is 0 Å². The summed E-state index contributed by atoms with van der Waals surface area (Å²) in [6, 6.07) is 6.41. The van der Waals surface area contributed by atoms with Crippen molar-refractivity contribution in [3.63, 3.8) is 0 Å². The second-order valence-electron chi connectivity index (χ2n) is 5.43. The first-order valence-electron chi connectivity index (χ1n) is 6.76. The highest BCUT2D eigenvalue weighted by Crippen LogP contribution is 2.25. The second-order valence-corrected chi connectivity index (χ2v) is 6.72. The summed E-state index contributed by atoms with van der Waals surface area (Å²) >= 11 is 8.53. The maximum absolute atomic E-state index is 5.62. The van der Waals surface area contributed by atoms with Crippen LogP contribution in [0.15, 0.2) is 22.7 Å². The van der Waals surface area contributed by atoms with Crippen LogP contribution in [0.4, 0.5) is 5.69 Å². The predicted molar refractivity (Wildman–Crippen MR) is 91.8 cm³/mol. The van der Waals surface area contributed by atoms with Crippen molar-refractivity contribution in [1.29, 1.82) is 0 Å². The number of benzene rings is 1. The quantitative estimate of drug-likeness (QED) is 0.704. The largest absolute Gasteiger partial charge is 0.389 e. The van der Waals surface area contributed by atoms with Crippen LogP contribution in [0, 0.1) is 5.92 Å². The summed E-state index contributed by atoms with van der Waals surface area (Å²) in [5, 5.41) is 3.52. The first-order chi connectivity index (χ1) is 8.90. The lowest BCUT2D eigenvalue weighted by Gasteiger charge is -2.17. The van der Waals surface area contributed by atoms with Gasteiger partial charge in [0.1, 0.15) is 4.99 Å². The molecule has 0 saturated heterocycles. The number of rotatable bonds is 7. The predicted octanol–water partition coefficient (Wildman–Crippen LogP) is 4.71. The minimum atomic E-state index is 0.428. The van der Waals surface area contributed by atoms with Gasteiger partial charge in [0.15, 0.2) is 0 Å². The van der Waals surface area contributed by atoms with Gasteiger partial charge in [-0.05, 0) is 53.4 Å². The van der Waals surface area contributed by atoms with Crippen molar-refractivity contribution in [3.8, 4) is 0 Å². The minimum absolute atomic E-state index is 0.428. The molecule has 1 rings (SSSR count). The lowest BCUT2D eigenvalue weighted by molar-refractivity contribution is 0.520. The molecule has 0 heterocycles. The summed E-state index contributed by atoms with van der Waals surface area (Å²) in [7, 11) is 0. The lowest BCUT2D eigenvalue weighted by atomic mass is 10.0. The Morgan fingerprint density at radius 3 is 2.53 bits per heavy atom. The molecule has 0 fully saturated rings. The Morgan fingerprint density at radius 2 is 2.00 bits per heavy atom. The Morgan fingerprint density at radius 1 is 1.32 bits per heavy atom. The zero-order valence-electron chi connectivity index (χ0n) is 11.9. The van der Waals surface area contributed by atoms with Crippen molar-refractivity contribution in [2.45, 2.75) is 46.1 Å². The van der Waals surface area contributed by atoms with E-state index in [1.807, 2.05) is 18.2 Å². The van der Waals surface area contributed by atoms with Crippen LogP contribution in [-0.4, -0.2) is 11.0 Å². The summed E-state index contributed by atoms with van der Waals surface area (Å²) in [4.78, 5) is 0.428. The standard InChI is InChI=1S/C15H23BrN2S/c1-10(2)5-4-6-11(3)18-14-8-7-12(15(17)19)9-13(14)16/h7-11,18H,4-6H2,1-3H3,(H2,17,19). The summed E-state index contributed by atoms with van der Waals surface area (Å²) in [5.74, 6) is 0.781. The molecule has 0 aliphatic carbocycles. The first kappa shape index (κ1) is 16.4. The van der Waals surface area contributed by atoms with E-state index in [0.717, 1.165) is 21.6 Å². The van der Waals surface area contributed by atoms with Crippen LogP contribution >= 0.6 is 28.1 Å². The molecule has 106 valence electrons. The third-order valence-corrected chi connectivity index (χ3v) is 3.97. The molecular formula is C15H23BrN2S. The fourth-order valence-electron chi connectivity index (χ4n) is 1.96. The zero-order valence-corrected chi connectivity index (χ0v) is 14.3. The zero-order chi connectivity index (χ0) is 14.4. The van der Waals surface area contributed by atoms with E-state index in [-0.39, 0.29) is 0 Å². The number of hydrogen-bond acceptors (Lipinski definition) is 2. The van der Waals surface area contributed by atoms with E-state index >= 15 is 0 Å². The van der Waals surface area contributed by atoms with E-state index in [9.17, 15) is 0 Å². The molecule has 2 nitrogen and oxygen atoms in total. The smallest absolute Gasteiger partial charge is 0.104 e. The van der Waals surface area contributed by atoms with Crippen LogP contribution in [0.5, 0.6) is 0 Å². The van der Waals surface area contributed by atoms with Gasteiger partial charge in [0.2, 0.25) is 0 Å². The summed E-state index contributed by atoms with van der Waals surface area (Å²) in [5.41, 5.74) is 7.60. The van der Waals surface area contributed by atoms with E-state index in [1.54, 1.807) is 0 Å². The molecule has 19 heavy (non-hydrogen) atoms. The highest BCUT2D eigenvalue weighted by atomic mass is 79.9. The van der Waals surface area contributed by atoms with Gasteiger partial charge in [-0.15, -0.1) is 0 Å². The highest BCUT2D eigenvalue weighted by Gasteiger charge is 2.07. The number of hydrogen-bond donors (Lipinski definition) is 2. The maximum Gasteiger partial charge on any atom is 0.104 e. The van der Waals surface area contributed by atoms with Gasteiger partial charge in [-0.25, -0.2) is 0 Å². The molecule has 1 unspecified atom stereocenters. The van der Waals surface area contributed by atoms with Gasteiger partial charge in [-0.2, -0.15) is 0 Å². The Labute approximate surface area is 130 Å². The summed E-state index contributed by atoms with van der Waals surface area (Å²) in [6.07, 6.45) is 3.73. The lowest BCUT2D eigenvalue weighted by Crippen LogP contribution is -2.16. The van der Waals surface area contributed by atoms with Crippen molar-refractivity contribution in [1.82, 2.24) is 0 Å². The van der Waals surface area contributed by atoms with Gasteiger partial charge in [0.25, 0.3) is 0 Å². The Hall–Kier alpha value is -0.610. The number of nitrogens with two attached hydrogens (primary N) is 1. The molecule has 4 heteroatoms. The Kier molecular flexibility index (Phi) is 6.80. The maximum atomic E-state index is 5.62. The number of thiocarbonyl (C=S) groups is 1. The molecule has 1 aromatic carbocycles. The van der Waals surface area contributed by atoms with E-state index in [2.05, 4.69) is 42.0 Å². The SMILES string of the molecule is CC(C)CCCC(C)Nc1ccc(C(N)=S)cc1Br. The van der Waals surface area contributed by atoms with Gasteiger partial charge < -0.3 is 11.1 Å². The minimum Gasteiger partial charge on any atom is -0.389 e. The van der Waals surface area contributed by atoms with Crippen LogP contribution in [0.25, 0.3) is 0 Å². The van der Waals surface area contributed by atoms with Crippen LogP contribution in [0.1, 0.15) is 45.6 Å². The van der Waals surface area contributed by atoms with Crippen LogP contribution < -0.4 is 11.1 Å². The van der Waals surface area contributed by atoms with E-state index in [4.69, 9.17) is 18.0 Å². The monoisotopic (exact) mass is 342 g/mol. The fourth-order valence-corrected chi connectivity index (χ4v) is 2.58. The summed E-state index contributed by atoms with van der Waals surface area (Å²) in [6.45, 7) is 6.75. The van der Waals surface area contributed by atoms with Crippen LogP contribution in [0.2, 0.25) is 0 Å². The molecule has 0 aliphatic heterocycles. The van der Waals surface area contributed by atoms with Gasteiger partial charge in [-0.3, -0.25) is 0 Å². The molecule has 3 N–H and O–H groups in total. The fraction of sp³-hybridized carbons (Fsp3) is 0.533. The van der Waals surface area contributed by atoms with Crippen molar-refractivity contribution in [2.75, 3.05) is 5.32 Å². The van der Waals surface area contributed by atoms with Crippen LogP contribution in [-0.2, 0) is 0 Å². The van der Waals surface area contributed by atoms with Gasteiger partial charge in [0, 0.05) is 21.8 Å². The van der Waals surface area contributed by atoms with Crippen molar-refractivity contribution in [2.24, 2.45) is 11.7 Å². The number of anilines is 1. The normalized spacial score (nSPS) is 12.5. The molecule has 1 atom stereocenters. The van der Waals surface area contributed by atoms with Gasteiger partial charge in [0.05, 0.1) is 0 Å². The average Bonchev–Trinajstić information content (AvgIpc) is 2.31. The number of halogens is 1. The first-order valence-corrected chi connectivity index (χ1v) is 7.96. The molecular weight excluding hydrogens is 320 g/mol. The third kappa shape index (κ3) is 5.91. The summed E-state index contributed by atoms with van der Waals surface area (Å²) < 4.78 is 1.01. The molecule has 0 saturated carbocycles. The van der Waals surface area contributed by atoms with E-state index in [0.29, 0.717) is 11.0 Å². The molecule has 0 aliphatic rings. The van der Waals surface area contributed by atoms with Crippen LogP contribution in [0.3, 0.4) is 0 Å². The van der Waals surface area contributed by atoms with Gasteiger partial charge >= 0.3 is 0 Å². The molecule has 0 aromatic heterocycles. The second kappa shape index (κ2) is 7.85. The third-order valence-electron chi connectivity index (χ3n) is 3.07. The van der Waals surface area contributed by atoms with Crippen molar-refractivity contribution in [3.05, 3.63) is 28.2 Å².